The molecular formula is C11H25BO3Si. The van der Waals surface area contributed by atoms with Crippen LogP contribution in [-0.2, 0) is 9.16 Å². The van der Waals surface area contributed by atoms with E-state index in [0.717, 1.165) is 6.42 Å². The molecule has 1 rings (SSSR count). The molecule has 0 aromatic carbocycles. The van der Waals surface area contributed by atoms with E-state index in [1.54, 1.807) is 0 Å². The van der Waals surface area contributed by atoms with Crippen LogP contribution in [0, 0.1) is 0 Å². The molecule has 0 radical (unpaired) electrons. The van der Waals surface area contributed by atoms with E-state index in [2.05, 4.69) is 33.9 Å². The van der Waals surface area contributed by atoms with Crippen molar-refractivity contribution in [2.75, 3.05) is 6.61 Å². The van der Waals surface area contributed by atoms with Crippen LogP contribution in [0.4, 0.5) is 0 Å². The molecule has 3 unspecified atom stereocenters. The van der Waals surface area contributed by atoms with Gasteiger partial charge in [-0.3, -0.25) is 0 Å². The van der Waals surface area contributed by atoms with Gasteiger partial charge >= 0.3 is 0 Å². The predicted octanol–water partition coefficient (Wildman–Crippen LogP) is 1.12. The van der Waals surface area contributed by atoms with E-state index in [-0.39, 0.29) is 23.2 Å². The molecule has 1 aliphatic rings. The lowest BCUT2D eigenvalue weighted by Gasteiger charge is -2.37. The molecule has 1 N–H and O–H groups in total. The van der Waals surface area contributed by atoms with Crippen molar-refractivity contribution < 1.29 is 14.3 Å². The predicted molar refractivity (Wildman–Crippen MR) is 71.0 cm³/mol. The van der Waals surface area contributed by atoms with Gasteiger partial charge in [0.2, 0.25) is 0 Å². The summed E-state index contributed by atoms with van der Waals surface area (Å²) in [7, 11) is 0.280. The molecule has 16 heavy (non-hydrogen) atoms. The first kappa shape index (κ1) is 14.2. The first-order valence-corrected chi connectivity index (χ1v) is 9.02. The Morgan fingerprint density at radius 1 is 1.44 bits per heavy atom. The molecule has 0 amide bonds. The second-order valence-corrected chi connectivity index (χ2v) is 11.2. The van der Waals surface area contributed by atoms with Crippen LogP contribution in [0.15, 0.2) is 0 Å². The van der Waals surface area contributed by atoms with Gasteiger partial charge in [-0.25, -0.2) is 0 Å². The average Bonchev–Trinajstić information content (AvgIpc) is 2.39. The van der Waals surface area contributed by atoms with E-state index >= 15 is 0 Å². The van der Waals surface area contributed by atoms with Crippen molar-refractivity contribution in [2.45, 2.75) is 63.5 Å². The van der Waals surface area contributed by atoms with Crippen LogP contribution in [-0.4, -0.2) is 46.1 Å². The Balaban J connectivity index is 2.46. The summed E-state index contributed by atoms with van der Waals surface area (Å²) in [4.78, 5) is 0. The number of rotatable bonds is 3. The Kier molecular flexibility index (Phi) is 4.27. The van der Waals surface area contributed by atoms with Crippen molar-refractivity contribution in [3.05, 3.63) is 0 Å². The van der Waals surface area contributed by atoms with E-state index in [0.29, 0.717) is 6.61 Å². The molecule has 0 aromatic rings. The smallest absolute Gasteiger partial charge is 0.192 e. The maximum Gasteiger partial charge on any atom is 0.192 e. The summed E-state index contributed by atoms with van der Waals surface area (Å²) in [5.74, 6) is 0. The fourth-order valence-corrected chi connectivity index (χ4v) is 2.61. The van der Waals surface area contributed by atoms with Crippen LogP contribution < -0.4 is 0 Å². The van der Waals surface area contributed by atoms with Gasteiger partial charge in [0.05, 0.1) is 12.7 Å². The van der Waals surface area contributed by atoms with Crippen LogP contribution in [0.5, 0.6) is 0 Å². The van der Waals surface area contributed by atoms with Crippen LogP contribution in [0.25, 0.3) is 0 Å². The number of ether oxygens (including phenoxy) is 1. The summed E-state index contributed by atoms with van der Waals surface area (Å²) < 4.78 is 11.7. The minimum atomic E-state index is -1.72. The molecule has 1 heterocycles. The lowest BCUT2D eigenvalue weighted by Crippen LogP contribution is -2.43. The molecule has 1 saturated heterocycles. The fraction of sp³-hybridized carbons (Fsp3) is 1.00. The molecular weight excluding hydrogens is 219 g/mol. The molecule has 3 nitrogen and oxygen atoms in total. The minimum absolute atomic E-state index is 0.135. The van der Waals surface area contributed by atoms with Gasteiger partial charge in [0.25, 0.3) is 0 Å². The quantitative estimate of drug-likeness (QED) is 0.756. The Morgan fingerprint density at radius 3 is 2.38 bits per heavy atom. The number of aliphatic hydroxyl groups excluding tert-OH is 1. The van der Waals surface area contributed by atoms with Gasteiger partial charge in [0, 0.05) is 6.00 Å². The van der Waals surface area contributed by atoms with Crippen molar-refractivity contribution in [2.24, 2.45) is 0 Å². The zero-order valence-corrected chi connectivity index (χ0v) is 12.4. The summed E-state index contributed by atoms with van der Waals surface area (Å²) in [5, 5.41) is 9.98. The summed E-state index contributed by atoms with van der Waals surface area (Å²) in [6.07, 6.45) is 0.231. The van der Waals surface area contributed by atoms with Gasteiger partial charge in [-0.2, -0.15) is 0 Å². The third-order valence-electron chi connectivity index (χ3n) is 3.82. The highest BCUT2D eigenvalue weighted by Gasteiger charge is 2.39. The number of hydrogen-bond acceptors (Lipinski definition) is 3. The van der Waals surface area contributed by atoms with Crippen molar-refractivity contribution in [1.29, 1.82) is 0 Å². The summed E-state index contributed by atoms with van der Waals surface area (Å²) in [6, 6.07) is 0.156. The fourth-order valence-electron chi connectivity index (χ4n) is 1.59. The molecule has 0 bridgehead atoms. The average molecular weight is 244 g/mol. The van der Waals surface area contributed by atoms with Gasteiger partial charge in [0.15, 0.2) is 8.32 Å². The molecule has 5 heteroatoms. The topological polar surface area (TPSA) is 38.7 Å². The van der Waals surface area contributed by atoms with E-state index in [9.17, 15) is 5.11 Å². The second-order valence-electron chi connectivity index (χ2n) is 6.36. The molecule has 94 valence electrons. The first-order valence-electron chi connectivity index (χ1n) is 6.11. The molecule has 0 aliphatic carbocycles. The molecule has 1 aliphatic heterocycles. The van der Waals surface area contributed by atoms with E-state index in [1.165, 1.54) is 0 Å². The summed E-state index contributed by atoms with van der Waals surface area (Å²) in [5.41, 5.74) is 0. The molecule has 0 aromatic heterocycles. The highest BCUT2D eigenvalue weighted by Crippen LogP contribution is 2.37. The van der Waals surface area contributed by atoms with Crippen LogP contribution >= 0.6 is 0 Å². The summed E-state index contributed by atoms with van der Waals surface area (Å²) in [6.45, 7) is 11.6. The van der Waals surface area contributed by atoms with Gasteiger partial charge < -0.3 is 14.3 Å². The first-order chi connectivity index (χ1) is 7.13. The van der Waals surface area contributed by atoms with Crippen LogP contribution in [0.3, 0.4) is 0 Å². The van der Waals surface area contributed by atoms with Crippen molar-refractivity contribution in [3.8, 4) is 0 Å². The largest absolute Gasteiger partial charge is 0.414 e. The zero-order valence-electron chi connectivity index (χ0n) is 11.4. The highest BCUT2D eigenvalue weighted by atomic mass is 28.4. The third-order valence-corrected chi connectivity index (χ3v) is 8.33. The van der Waals surface area contributed by atoms with Crippen LogP contribution in [0.1, 0.15) is 27.2 Å². The van der Waals surface area contributed by atoms with Crippen molar-refractivity contribution in [1.82, 2.24) is 0 Å². The number of hydrogen-bond donors (Lipinski definition) is 1. The molecule has 1 fully saturated rings. The Bertz CT molecular complexity index is 240. The van der Waals surface area contributed by atoms with Gasteiger partial charge in [-0.1, -0.05) is 20.8 Å². The van der Waals surface area contributed by atoms with E-state index in [4.69, 9.17) is 9.16 Å². The van der Waals surface area contributed by atoms with Crippen molar-refractivity contribution in [3.63, 3.8) is 0 Å². The van der Waals surface area contributed by atoms with E-state index < -0.39 is 8.32 Å². The van der Waals surface area contributed by atoms with Gasteiger partial charge in [-0.05, 0) is 24.6 Å². The lowest BCUT2D eigenvalue weighted by molar-refractivity contribution is -0.000757. The van der Waals surface area contributed by atoms with Crippen LogP contribution in [0.2, 0.25) is 18.1 Å². The number of aliphatic hydroxyl groups is 1. The van der Waals surface area contributed by atoms with Gasteiger partial charge in [-0.15, -0.1) is 0 Å². The minimum Gasteiger partial charge on any atom is -0.414 e. The maximum absolute atomic E-state index is 9.77. The van der Waals surface area contributed by atoms with Crippen molar-refractivity contribution >= 4 is 16.2 Å². The highest BCUT2D eigenvalue weighted by molar-refractivity contribution is 6.74. The SMILES string of the molecule is BC1CC(O)C(CO[Si](C)(C)C(C)(C)C)O1. The zero-order chi connectivity index (χ0) is 12.6. The third kappa shape index (κ3) is 3.33. The maximum atomic E-state index is 9.77. The second kappa shape index (κ2) is 4.80. The molecule has 0 saturated carbocycles. The Morgan fingerprint density at radius 2 is 2.00 bits per heavy atom. The molecule has 0 spiro atoms. The van der Waals surface area contributed by atoms with Gasteiger partial charge in [0.1, 0.15) is 14.0 Å². The monoisotopic (exact) mass is 244 g/mol. The molecule has 3 atom stereocenters. The normalized spacial score (nSPS) is 32.0. The Labute approximate surface area is 101 Å². The summed E-state index contributed by atoms with van der Waals surface area (Å²) >= 11 is 0. The van der Waals surface area contributed by atoms with E-state index in [1.807, 2.05) is 7.85 Å². The standard InChI is InChI=1S/C11H25BO3Si/c1-11(2,3)16(4,5)14-7-9-8(13)6-10(12)15-9/h8-10,13H,6-7,12H2,1-5H3. The lowest BCUT2D eigenvalue weighted by atomic mass is 9.96. The Hall–Kier alpha value is 0.162.